The van der Waals surface area contributed by atoms with Gasteiger partial charge in [0.15, 0.2) is 0 Å². The van der Waals surface area contributed by atoms with Crippen molar-refractivity contribution in [2.45, 2.75) is 13.8 Å². The van der Waals surface area contributed by atoms with Crippen molar-refractivity contribution in [1.82, 2.24) is 4.37 Å². The normalized spacial score (nSPS) is 10.4. The van der Waals surface area contributed by atoms with E-state index in [2.05, 4.69) is 20.3 Å². The molecule has 0 aliphatic heterocycles. The number of aromatic nitrogens is 1. The van der Waals surface area contributed by atoms with Crippen molar-refractivity contribution in [3.05, 3.63) is 33.1 Å². The summed E-state index contributed by atoms with van der Waals surface area (Å²) in [5, 5.41) is 0.611. The summed E-state index contributed by atoms with van der Waals surface area (Å²) in [6, 6.07) is 7.07. The van der Waals surface area contributed by atoms with E-state index in [0.29, 0.717) is 20.2 Å². The average Bonchev–Trinajstić information content (AvgIpc) is 2.72. The van der Waals surface area contributed by atoms with Crippen molar-refractivity contribution < 1.29 is 9.59 Å². The van der Waals surface area contributed by atoms with Gasteiger partial charge in [-0.05, 0) is 39.6 Å². The van der Waals surface area contributed by atoms with Crippen LogP contribution in [-0.2, 0) is 9.59 Å². The molecule has 1 aromatic heterocycles. The number of amides is 2. The molecule has 0 N–H and O–H groups in total. The molecule has 0 spiro atoms. The Hall–Kier alpha value is -1.24. The topological polar surface area (TPSA) is 50.3 Å². The lowest BCUT2D eigenvalue weighted by atomic mass is 10.1. The maximum absolute atomic E-state index is 11.7. The number of carbonyl (C=O) groups excluding carboxylic acids is 2. The first-order chi connectivity index (χ1) is 9.41. The first-order valence-corrected chi connectivity index (χ1v) is 7.58. The van der Waals surface area contributed by atoms with E-state index in [1.807, 2.05) is 0 Å². The molecule has 0 aliphatic rings. The van der Waals surface area contributed by atoms with Gasteiger partial charge in [0.2, 0.25) is 11.8 Å². The first-order valence-electron chi connectivity index (χ1n) is 5.64. The molecule has 0 saturated heterocycles. The van der Waals surface area contributed by atoms with E-state index in [1.165, 1.54) is 25.4 Å². The van der Waals surface area contributed by atoms with E-state index >= 15 is 0 Å². The van der Waals surface area contributed by atoms with E-state index in [0.717, 1.165) is 10.5 Å². The maximum atomic E-state index is 11.7. The van der Waals surface area contributed by atoms with Gasteiger partial charge in [-0.25, -0.2) is 4.90 Å². The fourth-order valence-electron chi connectivity index (χ4n) is 1.79. The molecule has 0 radical (unpaired) electrons. The quantitative estimate of drug-likeness (QED) is 0.795. The molecule has 0 saturated carbocycles. The molecule has 2 amide bonds. The summed E-state index contributed by atoms with van der Waals surface area (Å²) in [4.78, 5) is 24.5. The molecule has 2 rings (SSSR count). The van der Waals surface area contributed by atoms with Gasteiger partial charge in [-0.2, -0.15) is 4.37 Å². The van der Waals surface area contributed by atoms with E-state index in [4.69, 9.17) is 11.6 Å². The summed E-state index contributed by atoms with van der Waals surface area (Å²) in [5.74, 6) is -0.706. The SMILES string of the molecule is CC(=O)N(C(C)=O)c1c(-c2ccc(Cl)cc2)nsc1Br. The number of nitrogens with zero attached hydrogens (tertiary/aromatic N) is 2. The molecular weight excluding hydrogens is 364 g/mol. The summed E-state index contributed by atoms with van der Waals surface area (Å²) >= 11 is 10.4. The summed E-state index contributed by atoms with van der Waals surface area (Å²) in [7, 11) is 0. The van der Waals surface area contributed by atoms with Crippen LogP contribution in [0.5, 0.6) is 0 Å². The molecule has 4 nitrogen and oxygen atoms in total. The van der Waals surface area contributed by atoms with Gasteiger partial charge in [0.05, 0.1) is 0 Å². The lowest BCUT2D eigenvalue weighted by molar-refractivity contribution is -0.124. The van der Waals surface area contributed by atoms with Gasteiger partial charge in [0.1, 0.15) is 15.2 Å². The third-order valence-corrected chi connectivity index (χ3v) is 4.29. The van der Waals surface area contributed by atoms with Gasteiger partial charge in [0, 0.05) is 24.4 Å². The third kappa shape index (κ3) is 2.92. The van der Waals surface area contributed by atoms with Crippen LogP contribution in [0.3, 0.4) is 0 Å². The Balaban J connectivity index is 2.59. The number of halogens is 2. The zero-order chi connectivity index (χ0) is 14.9. The Morgan fingerprint density at radius 2 is 1.75 bits per heavy atom. The van der Waals surface area contributed by atoms with Crippen LogP contribution in [0.4, 0.5) is 5.69 Å². The Bertz CT molecular complexity index is 656. The van der Waals surface area contributed by atoms with Gasteiger partial charge in [0.25, 0.3) is 0 Å². The molecule has 104 valence electrons. The minimum Gasteiger partial charge on any atom is -0.274 e. The largest absolute Gasteiger partial charge is 0.274 e. The first kappa shape index (κ1) is 15.2. The highest BCUT2D eigenvalue weighted by molar-refractivity contribution is 9.11. The van der Waals surface area contributed by atoms with Crippen molar-refractivity contribution in [2.24, 2.45) is 0 Å². The Labute approximate surface area is 133 Å². The number of anilines is 1. The summed E-state index contributed by atoms with van der Waals surface area (Å²) in [6.07, 6.45) is 0. The molecule has 20 heavy (non-hydrogen) atoms. The molecule has 0 aliphatic carbocycles. The molecule has 7 heteroatoms. The summed E-state index contributed by atoms with van der Waals surface area (Å²) < 4.78 is 4.94. The van der Waals surface area contributed by atoms with Gasteiger partial charge in [-0.1, -0.05) is 23.7 Å². The van der Waals surface area contributed by atoms with Crippen molar-refractivity contribution in [3.63, 3.8) is 0 Å². The highest BCUT2D eigenvalue weighted by atomic mass is 79.9. The molecule has 0 fully saturated rings. The highest BCUT2D eigenvalue weighted by Crippen LogP contribution is 2.40. The van der Waals surface area contributed by atoms with E-state index in [-0.39, 0.29) is 11.8 Å². The second-order valence-corrected chi connectivity index (χ2v) is 6.56. The molecule has 0 bridgehead atoms. The lowest BCUT2D eigenvalue weighted by Crippen LogP contribution is -2.33. The van der Waals surface area contributed by atoms with Crippen molar-refractivity contribution in [3.8, 4) is 11.3 Å². The van der Waals surface area contributed by atoms with Crippen molar-refractivity contribution in [2.75, 3.05) is 4.90 Å². The Kier molecular flexibility index (Phi) is 4.57. The predicted molar refractivity (Wildman–Crippen MR) is 84.1 cm³/mol. The van der Waals surface area contributed by atoms with Crippen LogP contribution in [-0.4, -0.2) is 16.2 Å². The van der Waals surface area contributed by atoms with Crippen molar-refractivity contribution in [1.29, 1.82) is 0 Å². The molecule has 1 aromatic carbocycles. The number of hydrogen-bond acceptors (Lipinski definition) is 4. The smallest absolute Gasteiger partial charge is 0.230 e. The standard InChI is InChI=1S/C13H10BrClN2O2S/c1-7(18)17(8(2)19)12-11(16-20-13(12)14)9-3-5-10(15)6-4-9/h3-6H,1-2H3. The van der Waals surface area contributed by atoms with Crippen LogP contribution in [0.2, 0.25) is 5.02 Å². The van der Waals surface area contributed by atoms with E-state index in [1.54, 1.807) is 24.3 Å². The number of carbonyl (C=O) groups is 2. The van der Waals surface area contributed by atoms with Gasteiger partial charge in [-0.15, -0.1) is 0 Å². The van der Waals surface area contributed by atoms with Gasteiger partial charge in [-0.3, -0.25) is 9.59 Å². The Morgan fingerprint density at radius 3 is 2.25 bits per heavy atom. The second-order valence-electron chi connectivity index (χ2n) is 4.03. The van der Waals surface area contributed by atoms with Crippen LogP contribution in [0.25, 0.3) is 11.3 Å². The maximum Gasteiger partial charge on any atom is 0.230 e. The minimum absolute atomic E-state index is 0.353. The van der Waals surface area contributed by atoms with Gasteiger partial charge < -0.3 is 0 Å². The minimum atomic E-state index is -0.353. The second kappa shape index (κ2) is 6.03. The number of benzene rings is 1. The molecule has 0 atom stereocenters. The monoisotopic (exact) mass is 372 g/mol. The van der Waals surface area contributed by atoms with Gasteiger partial charge >= 0.3 is 0 Å². The fourth-order valence-corrected chi connectivity index (χ4v) is 3.14. The highest BCUT2D eigenvalue weighted by Gasteiger charge is 2.25. The molecule has 0 unspecified atom stereocenters. The zero-order valence-corrected chi connectivity index (χ0v) is 13.8. The summed E-state index contributed by atoms with van der Waals surface area (Å²) in [6.45, 7) is 2.69. The molecule has 2 aromatic rings. The number of hydrogen-bond donors (Lipinski definition) is 0. The average molecular weight is 374 g/mol. The molecule has 1 heterocycles. The third-order valence-electron chi connectivity index (χ3n) is 2.60. The predicted octanol–water partition coefficient (Wildman–Crippen LogP) is 4.13. The number of imide groups is 1. The lowest BCUT2D eigenvalue weighted by Gasteiger charge is -2.17. The van der Waals surface area contributed by atoms with Crippen LogP contribution >= 0.6 is 39.1 Å². The summed E-state index contributed by atoms with van der Waals surface area (Å²) in [5.41, 5.74) is 1.83. The number of rotatable bonds is 2. The van der Waals surface area contributed by atoms with Crippen LogP contribution in [0.15, 0.2) is 28.1 Å². The zero-order valence-electron chi connectivity index (χ0n) is 10.7. The molecular formula is C13H10BrClN2O2S. The van der Waals surface area contributed by atoms with E-state index < -0.39 is 0 Å². The van der Waals surface area contributed by atoms with Crippen LogP contribution in [0.1, 0.15) is 13.8 Å². The van der Waals surface area contributed by atoms with Crippen LogP contribution < -0.4 is 4.90 Å². The fraction of sp³-hybridized carbons (Fsp3) is 0.154. The Morgan fingerprint density at radius 1 is 1.20 bits per heavy atom. The van der Waals surface area contributed by atoms with Crippen LogP contribution in [0, 0.1) is 0 Å². The van der Waals surface area contributed by atoms with E-state index in [9.17, 15) is 9.59 Å². The van der Waals surface area contributed by atoms with Crippen molar-refractivity contribution >= 4 is 56.6 Å².